The van der Waals surface area contributed by atoms with E-state index in [9.17, 15) is 9.59 Å². The van der Waals surface area contributed by atoms with E-state index in [1.807, 2.05) is 6.26 Å². The first-order valence-corrected chi connectivity index (χ1v) is 6.43. The van der Waals surface area contributed by atoms with Gasteiger partial charge in [0.2, 0.25) is 5.91 Å². The Bertz CT molecular complexity index is 216. The maximum absolute atomic E-state index is 11.3. The maximum Gasteiger partial charge on any atom is 0.321 e. The van der Waals surface area contributed by atoms with Crippen molar-refractivity contribution in [2.45, 2.75) is 12.5 Å². The number of halogens is 1. The lowest BCUT2D eigenvalue weighted by Gasteiger charge is -2.10. The lowest BCUT2D eigenvalue weighted by Crippen LogP contribution is -2.47. The molecule has 0 heterocycles. The number of nitrogens with two attached hydrogens (primary N) is 1. The van der Waals surface area contributed by atoms with Crippen LogP contribution >= 0.6 is 23.4 Å². The number of nitrogens with one attached hydrogen (secondary N) is 2. The standard InChI is InChI=1S/C8H16ClN3O2S/c1-15-5-2-6(10)7(13)12-8(14)11-4-3-9/h6H,2-5,10H2,1H3,(H2,11,12,13,14)/t6-/m0/s1. The number of hydrogen-bond acceptors (Lipinski definition) is 4. The van der Waals surface area contributed by atoms with Crippen molar-refractivity contribution in [3.05, 3.63) is 0 Å². The zero-order valence-electron chi connectivity index (χ0n) is 8.59. The van der Waals surface area contributed by atoms with Crippen molar-refractivity contribution in [1.29, 1.82) is 0 Å². The Labute approximate surface area is 98.5 Å². The van der Waals surface area contributed by atoms with Gasteiger partial charge in [-0.1, -0.05) is 0 Å². The molecule has 4 N–H and O–H groups in total. The minimum absolute atomic E-state index is 0.306. The van der Waals surface area contributed by atoms with Gasteiger partial charge in [0.15, 0.2) is 0 Å². The Morgan fingerprint density at radius 1 is 1.53 bits per heavy atom. The molecule has 0 saturated carbocycles. The third-order valence-electron chi connectivity index (χ3n) is 1.59. The summed E-state index contributed by atoms with van der Waals surface area (Å²) in [5, 5.41) is 4.55. The van der Waals surface area contributed by atoms with E-state index < -0.39 is 18.0 Å². The Balaban J connectivity index is 3.75. The van der Waals surface area contributed by atoms with Gasteiger partial charge in [-0.2, -0.15) is 11.8 Å². The summed E-state index contributed by atoms with van der Waals surface area (Å²) in [5.41, 5.74) is 5.55. The van der Waals surface area contributed by atoms with E-state index in [-0.39, 0.29) is 0 Å². The highest BCUT2D eigenvalue weighted by Gasteiger charge is 2.15. The van der Waals surface area contributed by atoms with Crippen LogP contribution in [0.15, 0.2) is 0 Å². The van der Waals surface area contributed by atoms with Crippen LogP contribution in [0.5, 0.6) is 0 Å². The van der Waals surface area contributed by atoms with Crippen molar-refractivity contribution >= 4 is 35.3 Å². The summed E-state index contributed by atoms with van der Waals surface area (Å²) in [7, 11) is 0. The molecule has 3 amide bonds. The van der Waals surface area contributed by atoms with Gasteiger partial charge in [-0.3, -0.25) is 10.1 Å². The molecule has 5 nitrogen and oxygen atoms in total. The van der Waals surface area contributed by atoms with E-state index in [1.54, 1.807) is 11.8 Å². The Morgan fingerprint density at radius 2 is 2.20 bits per heavy atom. The summed E-state index contributed by atoms with van der Waals surface area (Å²) in [6.45, 7) is 0.320. The van der Waals surface area contributed by atoms with Gasteiger partial charge in [0.05, 0.1) is 6.04 Å². The minimum Gasteiger partial charge on any atom is -0.337 e. The molecule has 0 aromatic rings. The molecule has 0 aromatic heterocycles. The number of urea groups is 1. The van der Waals surface area contributed by atoms with Crippen molar-refractivity contribution in [3.63, 3.8) is 0 Å². The Kier molecular flexibility index (Phi) is 8.55. The van der Waals surface area contributed by atoms with Gasteiger partial charge < -0.3 is 11.1 Å². The van der Waals surface area contributed by atoms with Crippen LogP contribution < -0.4 is 16.4 Å². The Morgan fingerprint density at radius 3 is 2.73 bits per heavy atom. The summed E-state index contributed by atoms with van der Waals surface area (Å²) in [6.07, 6.45) is 2.48. The summed E-state index contributed by atoms with van der Waals surface area (Å²) in [4.78, 5) is 22.3. The largest absolute Gasteiger partial charge is 0.337 e. The number of alkyl halides is 1. The minimum atomic E-state index is -0.640. The first-order chi connectivity index (χ1) is 7.11. The summed E-state index contributed by atoms with van der Waals surface area (Å²) in [6, 6.07) is -1.19. The first-order valence-electron chi connectivity index (χ1n) is 4.51. The van der Waals surface area contributed by atoms with Crippen LogP contribution in [0.4, 0.5) is 4.79 Å². The fourth-order valence-corrected chi connectivity index (χ4v) is 1.37. The molecule has 0 aliphatic heterocycles. The highest BCUT2D eigenvalue weighted by atomic mass is 35.5. The SMILES string of the molecule is CSCC[C@H](N)C(=O)NC(=O)NCCCl. The lowest BCUT2D eigenvalue weighted by molar-refractivity contribution is -0.121. The molecule has 0 radical (unpaired) electrons. The van der Waals surface area contributed by atoms with E-state index in [1.165, 1.54) is 0 Å². The van der Waals surface area contributed by atoms with Crippen molar-refractivity contribution in [1.82, 2.24) is 10.6 Å². The third-order valence-corrected chi connectivity index (χ3v) is 2.42. The molecule has 0 fully saturated rings. The van der Waals surface area contributed by atoms with E-state index in [2.05, 4.69) is 10.6 Å². The van der Waals surface area contributed by atoms with Crippen molar-refractivity contribution in [2.24, 2.45) is 5.73 Å². The zero-order valence-corrected chi connectivity index (χ0v) is 10.2. The number of hydrogen-bond donors (Lipinski definition) is 3. The molecule has 0 saturated heterocycles. The number of amides is 3. The van der Waals surface area contributed by atoms with Crippen molar-refractivity contribution in [3.8, 4) is 0 Å². The Hall–Kier alpha value is -0.460. The highest BCUT2D eigenvalue weighted by Crippen LogP contribution is 1.98. The fraction of sp³-hybridized carbons (Fsp3) is 0.750. The zero-order chi connectivity index (χ0) is 11.7. The number of rotatable bonds is 6. The third kappa shape index (κ3) is 7.47. The van der Waals surface area contributed by atoms with Gasteiger partial charge in [0.25, 0.3) is 0 Å². The van der Waals surface area contributed by atoms with E-state index in [4.69, 9.17) is 17.3 Å². The van der Waals surface area contributed by atoms with E-state index in [0.29, 0.717) is 18.8 Å². The summed E-state index contributed by atoms with van der Waals surface area (Å²) >= 11 is 6.96. The molecule has 0 spiro atoms. The van der Waals surface area contributed by atoms with Crippen LogP contribution in [0.2, 0.25) is 0 Å². The van der Waals surface area contributed by atoms with Crippen molar-refractivity contribution < 1.29 is 9.59 Å². The highest BCUT2D eigenvalue weighted by molar-refractivity contribution is 7.98. The predicted molar refractivity (Wildman–Crippen MR) is 63.2 cm³/mol. The van der Waals surface area contributed by atoms with Gasteiger partial charge in [-0.25, -0.2) is 4.79 Å². The van der Waals surface area contributed by atoms with Crippen LogP contribution in [-0.2, 0) is 4.79 Å². The van der Waals surface area contributed by atoms with Crippen molar-refractivity contribution in [2.75, 3.05) is 24.4 Å². The second-order valence-electron chi connectivity index (χ2n) is 2.82. The van der Waals surface area contributed by atoms with Crippen LogP contribution in [0.1, 0.15) is 6.42 Å². The fourth-order valence-electron chi connectivity index (χ4n) is 0.785. The molecule has 0 rings (SSSR count). The lowest BCUT2D eigenvalue weighted by atomic mass is 10.2. The summed E-state index contributed by atoms with van der Waals surface area (Å²) < 4.78 is 0. The monoisotopic (exact) mass is 253 g/mol. The molecule has 0 aliphatic carbocycles. The van der Waals surface area contributed by atoms with Crippen LogP contribution in [-0.4, -0.2) is 42.4 Å². The molecule has 88 valence electrons. The summed E-state index contributed by atoms with van der Waals surface area (Å²) in [5.74, 6) is 0.633. The molecule has 0 aromatic carbocycles. The number of imide groups is 1. The van der Waals surface area contributed by atoms with Gasteiger partial charge in [0, 0.05) is 12.4 Å². The van der Waals surface area contributed by atoms with E-state index >= 15 is 0 Å². The molecule has 7 heteroatoms. The molecule has 15 heavy (non-hydrogen) atoms. The van der Waals surface area contributed by atoms with Crippen LogP contribution in [0, 0.1) is 0 Å². The predicted octanol–water partition coefficient (Wildman–Crippen LogP) is 0.131. The molecule has 0 bridgehead atoms. The second kappa shape index (κ2) is 8.82. The molecular weight excluding hydrogens is 238 g/mol. The second-order valence-corrected chi connectivity index (χ2v) is 4.19. The average Bonchev–Trinajstić information content (AvgIpc) is 2.22. The van der Waals surface area contributed by atoms with Gasteiger partial charge in [-0.05, 0) is 18.4 Å². The topological polar surface area (TPSA) is 84.2 Å². The first kappa shape index (κ1) is 14.5. The molecule has 0 unspecified atom stereocenters. The van der Waals surface area contributed by atoms with Gasteiger partial charge in [-0.15, -0.1) is 11.6 Å². The molecular formula is C8H16ClN3O2S. The number of carbonyl (C=O) groups excluding carboxylic acids is 2. The average molecular weight is 254 g/mol. The quantitative estimate of drug-likeness (QED) is 0.588. The van der Waals surface area contributed by atoms with Crippen LogP contribution in [0.3, 0.4) is 0 Å². The van der Waals surface area contributed by atoms with E-state index in [0.717, 1.165) is 5.75 Å². The normalized spacial score (nSPS) is 11.9. The molecule has 1 atom stereocenters. The molecule has 0 aliphatic rings. The van der Waals surface area contributed by atoms with Crippen LogP contribution in [0.25, 0.3) is 0 Å². The van der Waals surface area contributed by atoms with Gasteiger partial charge >= 0.3 is 6.03 Å². The van der Waals surface area contributed by atoms with Gasteiger partial charge in [0.1, 0.15) is 0 Å². The number of thioether (sulfide) groups is 1. The smallest absolute Gasteiger partial charge is 0.321 e. The maximum atomic E-state index is 11.3. The number of carbonyl (C=O) groups is 2.